The summed E-state index contributed by atoms with van der Waals surface area (Å²) in [6.07, 6.45) is 0.792. The van der Waals surface area contributed by atoms with Gasteiger partial charge in [-0.25, -0.2) is 4.39 Å². The lowest BCUT2D eigenvalue weighted by molar-refractivity contribution is -0.117. The van der Waals surface area contributed by atoms with Gasteiger partial charge in [0, 0.05) is 24.8 Å². The number of benzene rings is 2. The summed E-state index contributed by atoms with van der Waals surface area (Å²) in [6.45, 7) is 3.94. The van der Waals surface area contributed by atoms with E-state index in [0.717, 1.165) is 23.4 Å². The highest BCUT2D eigenvalue weighted by atomic mass is 19.1. The van der Waals surface area contributed by atoms with Crippen molar-refractivity contribution in [3.8, 4) is 0 Å². The molecule has 2 aromatic carbocycles. The molecule has 0 bridgehead atoms. The Labute approximate surface area is 145 Å². The molecule has 130 valence electrons. The van der Waals surface area contributed by atoms with Gasteiger partial charge in [-0.3, -0.25) is 9.59 Å². The van der Waals surface area contributed by atoms with Crippen LogP contribution in [0.5, 0.6) is 0 Å². The molecule has 0 unspecified atom stereocenters. The second-order valence-corrected chi connectivity index (χ2v) is 6.10. The Hall–Kier alpha value is -2.89. The van der Waals surface area contributed by atoms with Gasteiger partial charge >= 0.3 is 0 Å². The van der Waals surface area contributed by atoms with Crippen molar-refractivity contribution in [2.75, 3.05) is 22.1 Å². The van der Waals surface area contributed by atoms with Crippen LogP contribution >= 0.6 is 0 Å². The van der Waals surface area contributed by atoms with Crippen molar-refractivity contribution >= 4 is 28.9 Å². The number of para-hydroxylation sites is 1. The third-order valence-corrected chi connectivity index (χ3v) is 4.26. The Bertz CT molecular complexity index is 822. The number of halogens is 1. The molecule has 2 N–H and O–H groups in total. The highest BCUT2D eigenvalue weighted by molar-refractivity contribution is 5.97. The summed E-state index contributed by atoms with van der Waals surface area (Å²) < 4.78 is 13.6. The summed E-state index contributed by atoms with van der Waals surface area (Å²) in [5, 5.41) is 5.69. The number of carbonyl (C=O) groups excluding carboxylic acids is 2. The van der Waals surface area contributed by atoms with Gasteiger partial charge in [-0.05, 0) is 49.2 Å². The highest BCUT2D eigenvalue weighted by Gasteiger charge is 2.22. The maximum atomic E-state index is 13.6. The first kappa shape index (κ1) is 17.0. The number of hydrogen-bond donors (Lipinski definition) is 2. The summed E-state index contributed by atoms with van der Waals surface area (Å²) in [4.78, 5) is 25.6. The molecule has 1 atom stereocenters. The topological polar surface area (TPSA) is 61.4 Å². The van der Waals surface area contributed by atoms with Gasteiger partial charge in [0.1, 0.15) is 11.9 Å². The predicted octanol–water partition coefficient (Wildman–Crippen LogP) is 3.17. The lowest BCUT2D eigenvalue weighted by atomic mass is 10.1. The molecule has 25 heavy (non-hydrogen) atoms. The van der Waals surface area contributed by atoms with Crippen molar-refractivity contribution in [3.63, 3.8) is 0 Å². The number of amides is 2. The smallest absolute Gasteiger partial charge is 0.246 e. The molecular formula is C19H20FN3O2. The lowest BCUT2D eigenvalue weighted by Crippen LogP contribution is -2.32. The van der Waals surface area contributed by atoms with Crippen LogP contribution in [0.3, 0.4) is 0 Å². The average Bonchev–Trinajstić information content (AvgIpc) is 3.00. The second kappa shape index (κ2) is 6.93. The van der Waals surface area contributed by atoms with Crippen molar-refractivity contribution in [1.82, 2.24) is 0 Å². The van der Waals surface area contributed by atoms with Crippen LogP contribution in [0.1, 0.15) is 19.4 Å². The maximum absolute atomic E-state index is 13.6. The minimum atomic E-state index is -0.539. The predicted molar refractivity (Wildman–Crippen MR) is 96.3 cm³/mol. The molecule has 2 aromatic rings. The van der Waals surface area contributed by atoms with E-state index in [1.54, 1.807) is 30.9 Å². The molecule has 0 aliphatic carbocycles. The zero-order chi connectivity index (χ0) is 18.0. The minimum Gasteiger partial charge on any atom is -0.374 e. The van der Waals surface area contributed by atoms with Gasteiger partial charge in [0.05, 0.1) is 5.69 Å². The van der Waals surface area contributed by atoms with E-state index in [2.05, 4.69) is 10.6 Å². The molecule has 6 heteroatoms. The monoisotopic (exact) mass is 341 g/mol. The van der Waals surface area contributed by atoms with Gasteiger partial charge in [-0.1, -0.05) is 12.1 Å². The summed E-state index contributed by atoms with van der Waals surface area (Å²) in [7, 11) is 0. The Kier molecular flexibility index (Phi) is 4.70. The van der Waals surface area contributed by atoms with Crippen molar-refractivity contribution in [3.05, 3.63) is 53.8 Å². The van der Waals surface area contributed by atoms with E-state index in [1.807, 2.05) is 18.2 Å². The fourth-order valence-corrected chi connectivity index (χ4v) is 2.94. The Morgan fingerprint density at radius 3 is 2.68 bits per heavy atom. The molecule has 0 fully saturated rings. The SMILES string of the molecule is CC(=O)N1CCc2cc(N[C@@H](C)C(=O)Nc3ccccc3F)ccc21. The molecule has 0 saturated carbocycles. The third-order valence-electron chi connectivity index (χ3n) is 4.26. The van der Waals surface area contributed by atoms with E-state index in [-0.39, 0.29) is 17.5 Å². The van der Waals surface area contributed by atoms with E-state index in [9.17, 15) is 14.0 Å². The molecule has 0 saturated heterocycles. The lowest BCUT2D eigenvalue weighted by Gasteiger charge is -2.18. The molecule has 3 rings (SSSR count). The fraction of sp³-hybridized carbons (Fsp3) is 0.263. The number of fused-ring (bicyclic) bond motifs is 1. The van der Waals surface area contributed by atoms with E-state index in [4.69, 9.17) is 0 Å². The van der Waals surface area contributed by atoms with E-state index in [0.29, 0.717) is 6.54 Å². The van der Waals surface area contributed by atoms with Gasteiger partial charge in [-0.2, -0.15) is 0 Å². The molecule has 1 aliphatic rings. The van der Waals surface area contributed by atoms with Crippen molar-refractivity contribution in [2.45, 2.75) is 26.3 Å². The average molecular weight is 341 g/mol. The van der Waals surface area contributed by atoms with Crippen LogP contribution in [-0.4, -0.2) is 24.4 Å². The van der Waals surface area contributed by atoms with Gasteiger partial charge in [0.15, 0.2) is 0 Å². The maximum Gasteiger partial charge on any atom is 0.246 e. The first-order valence-corrected chi connectivity index (χ1v) is 8.18. The van der Waals surface area contributed by atoms with Crippen LogP contribution in [0.4, 0.5) is 21.5 Å². The molecule has 1 aliphatic heterocycles. The van der Waals surface area contributed by atoms with Gasteiger partial charge in [0.2, 0.25) is 11.8 Å². The molecule has 5 nitrogen and oxygen atoms in total. The molecular weight excluding hydrogens is 321 g/mol. The van der Waals surface area contributed by atoms with Gasteiger partial charge in [-0.15, -0.1) is 0 Å². The zero-order valence-electron chi connectivity index (χ0n) is 14.2. The number of rotatable bonds is 4. The van der Waals surface area contributed by atoms with Crippen LogP contribution in [0, 0.1) is 5.82 Å². The Balaban J connectivity index is 1.67. The number of hydrogen-bond acceptors (Lipinski definition) is 3. The second-order valence-electron chi connectivity index (χ2n) is 6.10. The molecule has 0 radical (unpaired) electrons. The van der Waals surface area contributed by atoms with Gasteiger partial charge in [0.25, 0.3) is 0 Å². The van der Waals surface area contributed by atoms with Crippen molar-refractivity contribution in [1.29, 1.82) is 0 Å². The molecule has 1 heterocycles. The summed E-state index contributed by atoms with van der Waals surface area (Å²) in [6, 6.07) is 11.2. The first-order valence-electron chi connectivity index (χ1n) is 8.18. The van der Waals surface area contributed by atoms with Crippen LogP contribution in [0.15, 0.2) is 42.5 Å². The summed E-state index contributed by atoms with van der Waals surface area (Å²) >= 11 is 0. The summed E-state index contributed by atoms with van der Waals surface area (Å²) in [5.41, 5.74) is 2.94. The largest absolute Gasteiger partial charge is 0.374 e. The first-order chi connectivity index (χ1) is 12.0. The van der Waals surface area contributed by atoms with Crippen molar-refractivity contribution in [2.24, 2.45) is 0 Å². The standard InChI is InChI=1S/C19H20FN3O2/c1-12(19(25)22-17-6-4-3-5-16(17)20)21-15-7-8-18-14(11-15)9-10-23(18)13(2)24/h3-8,11-12,21H,9-10H2,1-2H3,(H,22,25)/t12-/m0/s1. The normalized spacial score (nSPS) is 14.0. The molecule has 2 amide bonds. The third kappa shape index (κ3) is 3.63. The van der Waals surface area contributed by atoms with Crippen LogP contribution < -0.4 is 15.5 Å². The highest BCUT2D eigenvalue weighted by Crippen LogP contribution is 2.30. The fourth-order valence-electron chi connectivity index (χ4n) is 2.94. The molecule has 0 spiro atoms. The zero-order valence-corrected chi connectivity index (χ0v) is 14.2. The van der Waals surface area contributed by atoms with Crippen LogP contribution in [0.25, 0.3) is 0 Å². The molecule has 0 aromatic heterocycles. The quantitative estimate of drug-likeness (QED) is 0.898. The number of nitrogens with zero attached hydrogens (tertiary/aromatic N) is 1. The number of anilines is 3. The van der Waals surface area contributed by atoms with Crippen LogP contribution in [0.2, 0.25) is 0 Å². The van der Waals surface area contributed by atoms with E-state index < -0.39 is 11.9 Å². The van der Waals surface area contributed by atoms with E-state index >= 15 is 0 Å². The van der Waals surface area contributed by atoms with Crippen LogP contribution in [-0.2, 0) is 16.0 Å². The Morgan fingerprint density at radius 2 is 1.96 bits per heavy atom. The number of carbonyl (C=O) groups is 2. The van der Waals surface area contributed by atoms with Crippen molar-refractivity contribution < 1.29 is 14.0 Å². The Morgan fingerprint density at radius 1 is 1.20 bits per heavy atom. The van der Waals surface area contributed by atoms with E-state index in [1.165, 1.54) is 12.1 Å². The summed E-state index contributed by atoms with van der Waals surface area (Å²) in [5.74, 6) is -0.766. The number of nitrogens with one attached hydrogen (secondary N) is 2. The minimum absolute atomic E-state index is 0.0251. The van der Waals surface area contributed by atoms with Gasteiger partial charge < -0.3 is 15.5 Å².